The molecular weight excluding hydrogens is 256 g/mol. The zero-order valence-corrected chi connectivity index (χ0v) is 11.7. The summed E-state index contributed by atoms with van der Waals surface area (Å²) in [6, 6.07) is 0.215. The predicted molar refractivity (Wildman–Crippen MR) is 72.1 cm³/mol. The second kappa shape index (κ2) is 5.07. The highest BCUT2D eigenvalue weighted by molar-refractivity contribution is 5.95. The van der Waals surface area contributed by atoms with Crippen molar-refractivity contribution in [2.45, 2.75) is 25.8 Å². The molecule has 0 spiro atoms. The Morgan fingerprint density at radius 1 is 1.40 bits per heavy atom. The molecule has 1 aliphatic heterocycles. The maximum atomic E-state index is 12.6. The first-order valence-corrected chi connectivity index (χ1v) is 6.79. The van der Waals surface area contributed by atoms with Gasteiger partial charge in [-0.1, -0.05) is 0 Å². The Kier molecular flexibility index (Phi) is 3.25. The highest BCUT2D eigenvalue weighted by Crippen LogP contribution is 2.22. The monoisotopic (exact) mass is 274 g/mol. The molecule has 1 saturated heterocycles. The lowest BCUT2D eigenvalue weighted by Crippen LogP contribution is -2.41. The van der Waals surface area contributed by atoms with E-state index < -0.39 is 0 Å². The number of piperidine rings is 1. The second-order valence-corrected chi connectivity index (χ2v) is 5.19. The van der Waals surface area contributed by atoms with E-state index in [4.69, 9.17) is 0 Å². The van der Waals surface area contributed by atoms with Crippen LogP contribution in [0.3, 0.4) is 0 Å². The van der Waals surface area contributed by atoms with Gasteiger partial charge in [0.05, 0.1) is 17.8 Å². The minimum atomic E-state index is 0.0559. The second-order valence-electron chi connectivity index (χ2n) is 5.19. The lowest BCUT2D eigenvalue weighted by atomic mass is 10.0. The third-order valence-electron chi connectivity index (χ3n) is 3.96. The molecule has 3 heterocycles. The smallest absolute Gasteiger partial charge is 0.257 e. The summed E-state index contributed by atoms with van der Waals surface area (Å²) in [4.78, 5) is 18.4. The third-order valence-corrected chi connectivity index (χ3v) is 3.96. The summed E-state index contributed by atoms with van der Waals surface area (Å²) in [5, 5.41) is 8.32. The average Bonchev–Trinajstić information content (AvgIpc) is 3.10. The van der Waals surface area contributed by atoms with E-state index in [0.717, 1.165) is 25.1 Å². The molecule has 0 N–H and O–H groups in total. The van der Waals surface area contributed by atoms with Crippen molar-refractivity contribution in [3.63, 3.8) is 0 Å². The van der Waals surface area contributed by atoms with Gasteiger partial charge in [0, 0.05) is 25.8 Å². The normalized spacial score (nSPS) is 19.3. The van der Waals surface area contributed by atoms with Gasteiger partial charge in [0.2, 0.25) is 0 Å². The molecule has 1 atom stereocenters. The van der Waals surface area contributed by atoms with E-state index >= 15 is 0 Å². The van der Waals surface area contributed by atoms with E-state index in [9.17, 15) is 4.79 Å². The van der Waals surface area contributed by atoms with Crippen LogP contribution in [-0.4, -0.2) is 48.4 Å². The van der Waals surface area contributed by atoms with Crippen molar-refractivity contribution < 1.29 is 4.79 Å². The van der Waals surface area contributed by atoms with Crippen molar-refractivity contribution in [3.05, 3.63) is 30.1 Å². The van der Waals surface area contributed by atoms with Crippen LogP contribution in [0.5, 0.6) is 0 Å². The van der Waals surface area contributed by atoms with Gasteiger partial charge in [-0.3, -0.25) is 9.48 Å². The molecule has 1 fully saturated rings. The Morgan fingerprint density at radius 2 is 2.25 bits per heavy atom. The number of hydrogen-bond donors (Lipinski definition) is 0. The highest BCUT2D eigenvalue weighted by Gasteiger charge is 2.27. The first kappa shape index (κ1) is 12.8. The number of carbonyl (C=O) groups is 1. The minimum Gasteiger partial charge on any atom is -0.336 e. The van der Waals surface area contributed by atoms with Crippen LogP contribution in [0.1, 0.15) is 34.9 Å². The summed E-state index contributed by atoms with van der Waals surface area (Å²) < 4.78 is 3.57. The standard InChI is InChI=1S/C13H18N6O/c1-10-12(6-15-17(10)2)13(20)18-5-3-4-11(7-18)19-9-14-8-16-19/h6,8-9,11H,3-5,7H2,1-2H3/t11-/m1/s1. The molecule has 2 aromatic heterocycles. The molecule has 7 heteroatoms. The van der Waals surface area contributed by atoms with E-state index in [2.05, 4.69) is 15.2 Å². The Balaban J connectivity index is 1.77. The lowest BCUT2D eigenvalue weighted by Gasteiger charge is -2.32. The van der Waals surface area contributed by atoms with Gasteiger partial charge >= 0.3 is 0 Å². The molecule has 1 amide bonds. The number of likely N-dealkylation sites (tertiary alicyclic amines) is 1. The minimum absolute atomic E-state index is 0.0559. The van der Waals surface area contributed by atoms with Crippen LogP contribution in [-0.2, 0) is 7.05 Å². The van der Waals surface area contributed by atoms with Gasteiger partial charge in [-0.2, -0.15) is 10.2 Å². The van der Waals surface area contributed by atoms with Crippen molar-refractivity contribution in [1.29, 1.82) is 0 Å². The van der Waals surface area contributed by atoms with Crippen LogP contribution < -0.4 is 0 Å². The van der Waals surface area contributed by atoms with Crippen molar-refractivity contribution in [3.8, 4) is 0 Å². The van der Waals surface area contributed by atoms with Crippen molar-refractivity contribution in [2.24, 2.45) is 7.05 Å². The quantitative estimate of drug-likeness (QED) is 0.812. The van der Waals surface area contributed by atoms with Crippen molar-refractivity contribution >= 4 is 5.91 Å². The van der Waals surface area contributed by atoms with E-state index in [1.54, 1.807) is 17.2 Å². The molecule has 2 aromatic rings. The van der Waals surface area contributed by atoms with Crippen LogP contribution in [0.4, 0.5) is 0 Å². The van der Waals surface area contributed by atoms with Crippen molar-refractivity contribution in [2.75, 3.05) is 13.1 Å². The fourth-order valence-electron chi connectivity index (χ4n) is 2.64. The first-order valence-electron chi connectivity index (χ1n) is 6.79. The van der Waals surface area contributed by atoms with Gasteiger partial charge in [0.25, 0.3) is 5.91 Å². The number of carbonyl (C=O) groups excluding carboxylic acids is 1. The van der Waals surface area contributed by atoms with E-state index in [1.165, 1.54) is 6.33 Å². The molecule has 0 unspecified atom stereocenters. The molecule has 20 heavy (non-hydrogen) atoms. The predicted octanol–water partition coefficient (Wildman–Crippen LogP) is 0.797. The Bertz CT molecular complexity index is 602. The molecule has 0 saturated carbocycles. The number of aromatic nitrogens is 5. The maximum absolute atomic E-state index is 12.6. The number of hydrogen-bond acceptors (Lipinski definition) is 4. The van der Waals surface area contributed by atoms with E-state index in [1.807, 2.05) is 23.6 Å². The van der Waals surface area contributed by atoms with Crippen molar-refractivity contribution in [1.82, 2.24) is 29.4 Å². The van der Waals surface area contributed by atoms with E-state index in [0.29, 0.717) is 12.1 Å². The fraction of sp³-hybridized carbons (Fsp3) is 0.538. The Hall–Kier alpha value is -2.18. The molecule has 3 rings (SSSR count). The SMILES string of the molecule is Cc1c(C(=O)N2CCC[C@@H](n3cncn3)C2)cnn1C. The third kappa shape index (κ3) is 2.19. The van der Waals surface area contributed by atoms with Crippen LogP contribution in [0, 0.1) is 6.92 Å². The average molecular weight is 274 g/mol. The van der Waals surface area contributed by atoms with E-state index in [-0.39, 0.29) is 11.9 Å². The number of rotatable bonds is 2. The Labute approximate surface area is 117 Å². The van der Waals surface area contributed by atoms with Gasteiger partial charge in [-0.25, -0.2) is 9.67 Å². The molecule has 0 aliphatic carbocycles. The van der Waals surface area contributed by atoms with Gasteiger partial charge in [0.1, 0.15) is 12.7 Å². The lowest BCUT2D eigenvalue weighted by molar-refractivity contribution is 0.0672. The molecule has 106 valence electrons. The molecule has 1 aliphatic rings. The van der Waals surface area contributed by atoms with Gasteiger partial charge in [-0.05, 0) is 19.8 Å². The summed E-state index contributed by atoms with van der Waals surface area (Å²) >= 11 is 0. The summed E-state index contributed by atoms with van der Waals surface area (Å²) in [6.45, 7) is 3.38. The maximum Gasteiger partial charge on any atom is 0.257 e. The largest absolute Gasteiger partial charge is 0.336 e. The number of amides is 1. The summed E-state index contributed by atoms with van der Waals surface area (Å²) in [5.41, 5.74) is 1.59. The highest BCUT2D eigenvalue weighted by atomic mass is 16.2. The summed E-state index contributed by atoms with van der Waals surface area (Å²) in [6.07, 6.45) is 6.91. The Morgan fingerprint density at radius 3 is 2.90 bits per heavy atom. The number of aryl methyl sites for hydroxylation is 1. The van der Waals surface area contributed by atoms with Gasteiger partial charge in [0.15, 0.2) is 0 Å². The van der Waals surface area contributed by atoms with Crippen LogP contribution in [0.2, 0.25) is 0 Å². The molecule has 7 nitrogen and oxygen atoms in total. The fourth-order valence-corrected chi connectivity index (χ4v) is 2.64. The zero-order chi connectivity index (χ0) is 14.1. The van der Waals surface area contributed by atoms with Crippen LogP contribution >= 0.6 is 0 Å². The summed E-state index contributed by atoms with van der Waals surface area (Å²) in [5.74, 6) is 0.0559. The van der Waals surface area contributed by atoms with Crippen LogP contribution in [0.15, 0.2) is 18.9 Å². The molecule has 0 bridgehead atoms. The zero-order valence-electron chi connectivity index (χ0n) is 11.7. The number of nitrogens with zero attached hydrogens (tertiary/aromatic N) is 6. The molecular formula is C13H18N6O. The van der Waals surface area contributed by atoms with Gasteiger partial charge < -0.3 is 4.90 Å². The molecule has 0 radical (unpaired) electrons. The van der Waals surface area contributed by atoms with Gasteiger partial charge in [-0.15, -0.1) is 0 Å². The molecule has 0 aromatic carbocycles. The summed E-state index contributed by atoms with van der Waals surface area (Å²) in [7, 11) is 1.85. The first-order chi connectivity index (χ1) is 9.66. The topological polar surface area (TPSA) is 68.8 Å². The van der Waals surface area contributed by atoms with Crippen LogP contribution in [0.25, 0.3) is 0 Å².